The number of halogens is 2. The molecule has 6 heteroatoms. The SMILES string of the molecule is COc1cc(Cl)nnc1Oc1c(Br)cccc1C(C)(C)C. The maximum absolute atomic E-state index is 5.94. The molecule has 0 aliphatic rings. The Kier molecular flexibility index (Phi) is 4.74. The summed E-state index contributed by atoms with van der Waals surface area (Å²) in [7, 11) is 1.53. The van der Waals surface area contributed by atoms with Crippen molar-refractivity contribution in [1.82, 2.24) is 10.2 Å². The van der Waals surface area contributed by atoms with Gasteiger partial charge in [-0.3, -0.25) is 0 Å². The highest BCUT2D eigenvalue weighted by Crippen LogP contribution is 2.41. The van der Waals surface area contributed by atoms with E-state index in [9.17, 15) is 0 Å². The highest BCUT2D eigenvalue weighted by atomic mass is 79.9. The van der Waals surface area contributed by atoms with Crippen LogP contribution < -0.4 is 9.47 Å². The Bertz CT molecular complexity index is 657. The highest BCUT2D eigenvalue weighted by Gasteiger charge is 2.22. The van der Waals surface area contributed by atoms with Crippen LogP contribution in [0, 0.1) is 0 Å². The molecule has 0 N–H and O–H groups in total. The van der Waals surface area contributed by atoms with Gasteiger partial charge >= 0.3 is 0 Å². The van der Waals surface area contributed by atoms with Gasteiger partial charge in [0.15, 0.2) is 10.9 Å². The largest absolute Gasteiger partial charge is 0.491 e. The van der Waals surface area contributed by atoms with Gasteiger partial charge in [0.2, 0.25) is 0 Å². The van der Waals surface area contributed by atoms with Gasteiger partial charge in [-0.05, 0) is 27.4 Å². The molecule has 1 aromatic heterocycles. The van der Waals surface area contributed by atoms with Crippen molar-refractivity contribution in [3.63, 3.8) is 0 Å². The van der Waals surface area contributed by atoms with Crippen LogP contribution in [0.25, 0.3) is 0 Å². The molecule has 0 amide bonds. The number of rotatable bonds is 3. The summed E-state index contributed by atoms with van der Waals surface area (Å²) in [5.74, 6) is 1.41. The van der Waals surface area contributed by atoms with Gasteiger partial charge in [-0.1, -0.05) is 44.5 Å². The molecule has 0 saturated carbocycles. The number of hydrogen-bond acceptors (Lipinski definition) is 4. The van der Waals surface area contributed by atoms with E-state index in [0.29, 0.717) is 11.5 Å². The predicted octanol–water partition coefficient (Wildman–Crippen LogP) is 4.99. The lowest BCUT2D eigenvalue weighted by molar-refractivity contribution is 0.360. The molecule has 0 fully saturated rings. The van der Waals surface area contributed by atoms with Gasteiger partial charge in [-0.15, -0.1) is 10.2 Å². The van der Waals surface area contributed by atoms with Gasteiger partial charge in [0.05, 0.1) is 11.6 Å². The van der Waals surface area contributed by atoms with Crippen LogP contribution in [0.4, 0.5) is 0 Å². The minimum atomic E-state index is -0.0772. The van der Waals surface area contributed by atoms with Gasteiger partial charge in [0.25, 0.3) is 5.88 Å². The molecule has 1 heterocycles. The van der Waals surface area contributed by atoms with Crippen molar-refractivity contribution in [3.05, 3.63) is 39.5 Å². The number of hydrogen-bond donors (Lipinski definition) is 0. The quantitative estimate of drug-likeness (QED) is 0.762. The van der Waals surface area contributed by atoms with E-state index in [-0.39, 0.29) is 16.4 Å². The molecule has 0 aliphatic carbocycles. The maximum atomic E-state index is 5.94. The van der Waals surface area contributed by atoms with E-state index in [1.54, 1.807) is 6.07 Å². The minimum Gasteiger partial charge on any atom is -0.491 e. The van der Waals surface area contributed by atoms with E-state index >= 15 is 0 Å². The van der Waals surface area contributed by atoms with Crippen molar-refractivity contribution in [2.75, 3.05) is 7.11 Å². The predicted molar refractivity (Wildman–Crippen MR) is 86.5 cm³/mol. The Labute approximate surface area is 137 Å². The van der Waals surface area contributed by atoms with Crippen LogP contribution in [0.2, 0.25) is 5.15 Å². The van der Waals surface area contributed by atoms with Crippen LogP contribution in [0.1, 0.15) is 26.3 Å². The molecular formula is C15H16BrClN2O2. The van der Waals surface area contributed by atoms with E-state index in [4.69, 9.17) is 21.1 Å². The summed E-state index contributed by atoms with van der Waals surface area (Å²) in [6.07, 6.45) is 0. The van der Waals surface area contributed by atoms with Gasteiger partial charge in [0.1, 0.15) is 5.75 Å². The molecule has 0 saturated heterocycles. The van der Waals surface area contributed by atoms with Crippen LogP contribution in [0.5, 0.6) is 17.4 Å². The summed E-state index contributed by atoms with van der Waals surface area (Å²) < 4.78 is 12.0. The summed E-state index contributed by atoms with van der Waals surface area (Å²) >= 11 is 9.33. The lowest BCUT2D eigenvalue weighted by atomic mass is 9.86. The summed E-state index contributed by atoms with van der Waals surface area (Å²) in [5.41, 5.74) is 0.974. The van der Waals surface area contributed by atoms with E-state index in [2.05, 4.69) is 46.9 Å². The number of para-hydroxylation sites is 1. The lowest BCUT2D eigenvalue weighted by Crippen LogP contribution is -2.13. The highest BCUT2D eigenvalue weighted by molar-refractivity contribution is 9.10. The van der Waals surface area contributed by atoms with Crippen LogP contribution in [0.3, 0.4) is 0 Å². The van der Waals surface area contributed by atoms with Gasteiger partial charge in [-0.25, -0.2) is 0 Å². The van der Waals surface area contributed by atoms with Crippen molar-refractivity contribution in [2.45, 2.75) is 26.2 Å². The fraction of sp³-hybridized carbons (Fsp3) is 0.333. The Balaban J connectivity index is 2.50. The van der Waals surface area contributed by atoms with Crippen LogP contribution in [-0.4, -0.2) is 17.3 Å². The smallest absolute Gasteiger partial charge is 0.281 e. The Morgan fingerprint density at radius 1 is 1.19 bits per heavy atom. The standard InChI is InChI=1S/C15H16BrClN2O2/c1-15(2,3)9-6-5-7-10(16)13(9)21-14-11(20-4)8-12(17)18-19-14/h5-8H,1-4H3. The van der Waals surface area contributed by atoms with Gasteiger partial charge < -0.3 is 9.47 Å². The second kappa shape index (κ2) is 6.20. The van der Waals surface area contributed by atoms with E-state index in [1.165, 1.54) is 7.11 Å². The molecule has 0 aliphatic heterocycles. The molecule has 2 rings (SSSR count). The summed E-state index contributed by atoms with van der Waals surface area (Å²) in [5, 5.41) is 8.01. The Morgan fingerprint density at radius 3 is 2.52 bits per heavy atom. The first kappa shape index (κ1) is 16.0. The third-order valence-electron chi connectivity index (χ3n) is 2.89. The van der Waals surface area contributed by atoms with Crippen molar-refractivity contribution in [1.29, 1.82) is 0 Å². The zero-order chi connectivity index (χ0) is 15.6. The van der Waals surface area contributed by atoms with E-state index in [1.807, 2.05) is 18.2 Å². The molecule has 0 spiro atoms. The van der Waals surface area contributed by atoms with Gasteiger partial charge in [-0.2, -0.15) is 0 Å². The average molecular weight is 372 g/mol. The van der Waals surface area contributed by atoms with E-state index < -0.39 is 0 Å². The zero-order valence-corrected chi connectivity index (χ0v) is 14.6. The number of ether oxygens (including phenoxy) is 2. The number of aromatic nitrogens is 2. The third-order valence-corrected chi connectivity index (χ3v) is 3.70. The number of benzene rings is 1. The van der Waals surface area contributed by atoms with Crippen LogP contribution >= 0.6 is 27.5 Å². The molecule has 112 valence electrons. The molecule has 2 aromatic rings. The van der Waals surface area contributed by atoms with Gasteiger partial charge in [0, 0.05) is 11.6 Å². The van der Waals surface area contributed by atoms with Crippen molar-refractivity contribution in [2.24, 2.45) is 0 Å². The third kappa shape index (κ3) is 3.66. The second-order valence-electron chi connectivity index (χ2n) is 5.51. The van der Waals surface area contributed by atoms with E-state index in [0.717, 1.165) is 10.0 Å². The summed E-state index contributed by atoms with van der Waals surface area (Å²) in [6.45, 7) is 6.35. The zero-order valence-electron chi connectivity index (χ0n) is 12.3. The maximum Gasteiger partial charge on any atom is 0.281 e. The topological polar surface area (TPSA) is 44.2 Å². The molecule has 0 radical (unpaired) electrons. The first-order chi connectivity index (χ1) is 9.82. The molecule has 1 aromatic carbocycles. The Hall–Kier alpha value is -1.33. The summed E-state index contributed by atoms with van der Waals surface area (Å²) in [6, 6.07) is 7.48. The Morgan fingerprint density at radius 2 is 1.90 bits per heavy atom. The second-order valence-corrected chi connectivity index (χ2v) is 6.75. The molecule has 0 unspecified atom stereocenters. The first-order valence-corrected chi connectivity index (χ1v) is 7.54. The van der Waals surface area contributed by atoms with Crippen molar-refractivity contribution >= 4 is 27.5 Å². The molecule has 4 nitrogen and oxygen atoms in total. The van der Waals surface area contributed by atoms with Crippen molar-refractivity contribution < 1.29 is 9.47 Å². The first-order valence-electron chi connectivity index (χ1n) is 6.37. The molecule has 0 bridgehead atoms. The average Bonchev–Trinajstić information content (AvgIpc) is 2.41. The minimum absolute atomic E-state index is 0.0772. The number of nitrogens with zero attached hydrogens (tertiary/aromatic N) is 2. The summed E-state index contributed by atoms with van der Waals surface area (Å²) in [4.78, 5) is 0. The van der Waals surface area contributed by atoms with Crippen LogP contribution in [0.15, 0.2) is 28.7 Å². The number of methoxy groups -OCH3 is 1. The molecule has 0 atom stereocenters. The molecule has 21 heavy (non-hydrogen) atoms. The fourth-order valence-electron chi connectivity index (χ4n) is 1.86. The van der Waals surface area contributed by atoms with Crippen LogP contribution in [-0.2, 0) is 5.41 Å². The van der Waals surface area contributed by atoms with Crippen molar-refractivity contribution in [3.8, 4) is 17.4 Å². The normalized spacial score (nSPS) is 11.3. The lowest BCUT2D eigenvalue weighted by Gasteiger charge is -2.23. The fourth-order valence-corrected chi connectivity index (χ4v) is 2.44. The molecular weight excluding hydrogens is 356 g/mol. The monoisotopic (exact) mass is 370 g/mol.